The van der Waals surface area contributed by atoms with Crippen LogP contribution < -0.4 is 14.7 Å². The van der Waals surface area contributed by atoms with Crippen LogP contribution in [0.4, 0.5) is 11.4 Å². The molecule has 2 saturated heterocycles. The van der Waals surface area contributed by atoms with E-state index in [1.807, 2.05) is 29.2 Å². The van der Waals surface area contributed by atoms with E-state index in [2.05, 4.69) is 34.1 Å². The van der Waals surface area contributed by atoms with E-state index in [4.69, 9.17) is 0 Å². The van der Waals surface area contributed by atoms with Crippen molar-refractivity contribution in [2.45, 2.75) is 0 Å². The maximum absolute atomic E-state index is 12.7. The molecule has 6 nitrogen and oxygen atoms in total. The van der Waals surface area contributed by atoms with Gasteiger partial charge in [0.2, 0.25) is 0 Å². The van der Waals surface area contributed by atoms with Gasteiger partial charge in [-0.05, 0) is 24.3 Å². The molecule has 2 aromatic rings. The van der Waals surface area contributed by atoms with Crippen molar-refractivity contribution in [1.82, 2.24) is 4.90 Å². The Balaban J connectivity index is 1.24. The second-order valence-electron chi connectivity index (χ2n) is 7.61. The van der Waals surface area contributed by atoms with Crippen LogP contribution in [0.15, 0.2) is 54.6 Å². The number of hydrogen-bond donors (Lipinski definition) is 2. The van der Waals surface area contributed by atoms with Crippen molar-refractivity contribution in [2.24, 2.45) is 0 Å². The largest absolute Gasteiger partial charge is 0.506 e. The third-order valence-corrected chi connectivity index (χ3v) is 5.85. The van der Waals surface area contributed by atoms with Gasteiger partial charge in [-0.1, -0.05) is 30.3 Å². The molecule has 2 aliphatic rings. The summed E-state index contributed by atoms with van der Waals surface area (Å²) in [5, 5.41) is 10.0. The quantitative estimate of drug-likeness (QED) is 0.807. The number of nitrogens with one attached hydrogen (secondary N) is 1. The van der Waals surface area contributed by atoms with E-state index in [0.29, 0.717) is 12.3 Å². The summed E-state index contributed by atoms with van der Waals surface area (Å²) in [5.41, 5.74) is 2.13. The molecule has 0 saturated carbocycles. The summed E-state index contributed by atoms with van der Waals surface area (Å²) in [6.45, 7) is 7.52. The number of benzene rings is 2. The molecule has 2 aromatic carbocycles. The number of rotatable bonds is 4. The number of piperazine rings is 2. The van der Waals surface area contributed by atoms with Crippen molar-refractivity contribution in [3.63, 3.8) is 0 Å². The predicted octanol–water partition coefficient (Wildman–Crippen LogP) is 0.446. The summed E-state index contributed by atoms with van der Waals surface area (Å²) >= 11 is 0. The molecule has 0 atom stereocenters. The van der Waals surface area contributed by atoms with E-state index < -0.39 is 0 Å². The highest BCUT2D eigenvalue weighted by molar-refractivity contribution is 5.77. The summed E-state index contributed by atoms with van der Waals surface area (Å²) < 4.78 is 0. The first-order valence-electron chi connectivity index (χ1n) is 10.1. The van der Waals surface area contributed by atoms with Crippen LogP contribution in [-0.4, -0.2) is 74.8 Å². The van der Waals surface area contributed by atoms with Gasteiger partial charge in [0.25, 0.3) is 5.91 Å². The Bertz CT molecular complexity index is 782. The number of phenolic OH excluding ortho intramolecular Hbond substituents is 1. The molecular weight excluding hydrogens is 352 g/mol. The first-order chi connectivity index (χ1) is 13.7. The van der Waals surface area contributed by atoms with Crippen molar-refractivity contribution in [1.29, 1.82) is 0 Å². The molecule has 6 heteroatoms. The van der Waals surface area contributed by atoms with E-state index in [1.165, 1.54) is 10.6 Å². The van der Waals surface area contributed by atoms with Crippen LogP contribution in [0.3, 0.4) is 0 Å². The SMILES string of the molecule is O=C(C[NH+]1CCN(c2ccccc2O)CC1)N1CCN(c2ccccc2)CC1. The summed E-state index contributed by atoms with van der Waals surface area (Å²) in [4.78, 5) is 20.7. The van der Waals surface area contributed by atoms with Crippen molar-refractivity contribution in [2.75, 3.05) is 68.7 Å². The second kappa shape index (κ2) is 8.52. The molecule has 148 valence electrons. The van der Waals surface area contributed by atoms with Crippen LogP contribution in [0.2, 0.25) is 0 Å². The average molecular weight is 382 g/mol. The van der Waals surface area contributed by atoms with E-state index in [0.717, 1.165) is 58.0 Å². The van der Waals surface area contributed by atoms with Crippen LogP contribution >= 0.6 is 0 Å². The molecule has 28 heavy (non-hydrogen) atoms. The molecule has 4 rings (SSSR count). The van der Waals surface area contributed by atoms with Gasteiger partial charge in [-0.15, -0.1) is 0 Å². The lowest BCUT2D eigenvalue weighted by Gasteiger charge is -2.37. The number of carbonyl (C=O) groups is 1. The minimum atomic E-state index is 0.263. The number of carbonyl (C=O) groups excluding carboxylic acids is 1. The molecule has 0 bridgehead atoms. The Morgan fingerprint density at radius 3 is 2.14 bits per heavy atom. The Morgan fingerprint density at radius 2 is 1.46 bits per heavy atom. The van der Waals surface area contributed by atoms with E-state index in [1.54, 1.807) is 6.07 Å². The number of nitrogens with zero attached hydrogens (tertiary/aromatic N) is 3. The summed E-state index contributed by atoms with van der Waals surface area (Å²) in [7, 11) is 0. The molecule has 1 amide bonds. The van der Waals surface area contributed by atoms with Crippen LogP contribution in [0, 0.1) is 0 Å². The molecule has 2 N–H and O–H groups in total. The van der Waals surface area contributed by atoms with Gasteiger partial charge in [-0.2, -0.15) is 0 Å². The van der Waals surface area contributed by atoms with Gasteiger partial charge >= 0.3 is 0 Å². The maximum atomic E-state index is 12.7. The topological polar surface area (TPSA) is 51.5 Å². The molecule has 0 spiro atoms. The third-order valence-electron chi connectivity index (χ3n) is 5.85. The maximum Gasteiger partial charge on any atom is 0.277 e. The number of aromatic hydroxyl groups is 1. The number of quaternary nitrogens is 1. The Morgan fingerprint density at radius 1 is 0.821 bits per heavy atom. The predicted molar refractivity (Wildman–Crippen MR) is 111 cm³/mol. The number of amides is 1. The first-order valence-corrected chi connectivity index (χ1v) is 10.1. The molecule has 0 aromatic heterocycles. The van der Waals surface area contributed by atoms with E-state index in [9.17, 15) is 9.90 Å². The van der Waals surface area contributed by atoms with Crippen LogP contribution in [-0.2, 0) is 4.79 Å². The number of phenols is 1. The van der Waals surface area contributed by atoms with Gasteiger partial charge in [0, 0.05) is 31.9 Å². The molecule has 0 radical (unpaired) electrons. The van der Waals surface area contributed by atoms with Gasteiger partial charge in [0.15, 0.2) is 6.54 Å². The fourth-order valence-corrected chi connectivity index (χ4v) is 4.15. The van der Waals surface area contributed by atoms with Gasteiger partial charge in [-0.25, -0.2) is 0 Å². The van der Waals surface area contributed by atoms with Crippen LogP contribution in [0.25, 0.3) is 0 Å². The highest BCUT2D eigenvalue weighted by Crippen LogP contribution is 2.26. The lowest BCUT2D eigenvalue weighted by Crippen LogP contribution is -3.16. The summed E-state index contributed by atoms with van der Waals surface area (Å²) in [6, 6.07) is 17.9. The molecule has 0 unspecified atom stereocenters. The summed E-state index contributed by atoms with van der Waals surface area (Å²) in [5.74, 6) is 0.594. The zero-order valence-corrected chi connectivity index (χ0v) is 16.3. The smallest absolute Gasteiger partial charge is 0.277 e. The van der Waals surface area contributed by atoms with Crippen molar-refractivity contribution in [3.05, 3.63) is 54.6 Å². The molecule has 2 heterocycles. The van der Waals surface area contributed by atoms with Gasteiger partial charge in [-0.3, -0.25) is 4.79 Å². The number of para-hydroxylation sites is 3. The highest BCUT2D eigenvalue weighted by Gasteiger charge is 2.27. The molecule has 2 fully saturated rings. The lowest BCUT2D eigenvalue weighted by atomic mass is 10.2. The highest BCUT2D eigenvalue weighted by atomic mass is 16.3. The monoisotopic (exact) mass is 381 g/mol. The molecular formula is C22H29N4O2+. The van der Waals surface area contributed by atoms with Gasteiger partial charge in [0.05, 0.1) is 31.9 Å². The van der Waals surface area contributed by atoms with Crippen molar-refractivity contribution >= 4 is 17.3 Å². The van der Waals surface area contributed by atoms with Crippen molar-refractivity contribution < 1.29 is 14.8 Å². The average Bonchev–Trinajstić information content (AvgIpc) is 2.75. The zero-order valence-electron chi connectivity index (χ0n) is 16.3. The second-order valence-corrected chi connectivity index (χ2v) is 7.61. The van der Waals surface area contributed by atoms with E-state index in [-0.39, 0.29) is 5.91 Å². The fourth-order valence-electron chi connectivity index (χ4n) is 4.15. The lowest BCUT2D eigenvalue weighted by molar-refractivity contribution is -0.892. The Kier molecular flexibility index (Phi) is 5.67. The number of anilines is 2. The number of hydrogen-bond acceptors (Lipinski definition) is 4. The van der Waals surface area contributed by atoms with E-state index >= 15 is 0 Å². The van der Waals surface area contributed by atoms with Crippen LogP contribution in [0.5, 0.6) is 5.75 Å². The van der Waals surface area contributed by atoms with Crippen molar-refractivity contribution in [3.8, 4) is 5.75 Å². The summed E-state index contributed by atoms with van der Waals surface area (Å²) in [6.07, 6.45) is 0. The minimum Gasteiger partial charge on any atom is -0.506 e. The Hall–Kier alpha value is -2.73. The minimum absolute atomic E-state index is 0.263. The fraction of sp³-hybridized carbons (Fsp3) is 0.409. The first kappa shape index (κ1) is 18.6. The Labute approximate surface area is 166 Å². The molecule has 0 aliphatic carbocycles. The van der Waals surface area contributed by atoms with Crippen LogP contribution in [0.1, 0.15) is 0 Å². The third kappa shape index (κ3) is 4.22. The zero-order chi connectivity index (χ0) is 19.3. The standard InChI is InChI=1S/C22H28N4O2/c27-21-9-5-4-8-20(21)25-12-10-23(11-13-25)18-22(28)26-16-14-24(15-17-26)19-6-2-1-3-7-19/h1-9,27H,10-18H2/p+1. The normalized spacial score (nSPS) is 18.4. The van der Waals surface area contributed by atoms with Gasteiger partial charge in [0.1, 0.15) is 5.75 Å². The van der Waals surface area contributed by atoms with Gasteiger partial charge < -0.3 is 24.7 Å². The molecule has 2 aliphatic heterocycles.